The zero-order valence-corrected chi connectivity index (χ0v) is 10.8. The highest BCUT2D eigenvalue weighted by molar-refractivity contribution is 7.98. The molecule has 3 nitrogen and oxygen atoms in total. The van der Waals surface area contributed by atoms with Crippen LogP contribution in [0.25, 0.3) is 0 Å². The number of hydrogen-bond acceptors (Lipinski definition) is 3. The van der Waals surface area contributed by atoms with Gasteiger partial charge in [-0.1, -0.05) is 0 Å². The molecule has 0 aliphatic heterocycles. The van der Waals surface area contributed by atoms with Gasteiger partial charge in [-0.25, -0.2) is 0 Å². The summed E-state index contributed by atoms with van der Waals surface area (Å²) in [4.78, 5) is 16.0. The van der Waals surface area contributed by atoms with Gasteiger partial charge in [0.15, 0.2) is 0 Å². The van der Waals surface area contributed by atoms with Crippen molar-refractivity contribution in [2.45, 2.75) is 26.3 Å². The lowest BCUT2D eigenvalue weighted by atomic mass is 10.1. The minimum atomic E-state index is -0.0285. The number of rotatable bonds is 5. The summed E-state index contributed by atoms with van der Waals surface area (Å²) >= 11 is 1.79. The van der Waals surface area contributed by atoms with E-state index in [1.165, 1.54) is 0 Å². The Bertz CT molecular complexity index is 355. The highest BCUT2D eigenvalue weighted by atomic mass is 32.2. The fourth-order valence-electron chi connectivity index (χ4n) is 1.39. The first kappa shape index (κ1) is 13.0. The molecule has 1 aromatic heterocycles. The smallest absolute Gasteiger partial charge is 0.253 e. The molecule has 0 aliphatic rings. The van der Waals surface area contributed by atoms with E-state index >= 15 is 0 Å². The first-order valence-electron chi connectivity index (χ1n) is 5.36. The van der Waals surface area contributed by atoms with Gasteiger partial charge in [-0.2, -0.15) is 11.8 Å². The fourth-order valence-corrected chi connectivity index (χ4v) is 1.98. The first-order chi connectivity index (χ1) is 7.65. The molecule has 0 fully saturated rings. The van der Waals surface area contributed by atoms with Gasteiger partial charge in [-0.15, -0.1) is 0 Å². The van der Waals surface area contributed by atoms with Gasteiger partial charge in [0.25, 0.3) is 5.91 Å². The topological polar surface area (TPSA) is 42.0 Å². The summed E-state index contributed by atoms with van der Waals surface area (Å²) in [7, 11) is 0. The van der Waals surface area contributed by atoms with Crippen molar-refractivity contribution >= 4 is 17.7 Å². The second-order valence-electron chi connectivity index (χ2n) is 3.79. The molecule has 0 saturated heterocycles. The van der Waals surface area contributed by atoms with Crippen molar-refractivity contribution in [3.8, 4) is 0 Å². The number of amides is 1. The summed E-state index contributed by atoms with van der Waals surface area (Å²) < 4.78 is 0. The molecule has 0 aromatic carbocycles. The van der Waals surface area contributed by atoms with Gasteiger partial charge in [0.1, 0.15) is 0 Å². The average Bonchev–Trinajstić information content (AvgIpc) is 2.26. The van der Waals surface area contributed by atoms with Crippen LogP contribution in [0.4, 0.5) is 0 Å². The Hall–Kier alpha value is -1.03. The van der Waals surface area contributed by atoms with Crippen LogP contribution in [0.2, 0.25) is 0 Å². The molecule has 88 valence electrons. The van der Waals surface area contributed by atoms with Crippen molar-refractivity contribution in [2.75, 3.05) is 12.0 Å². The number of nitrogens with zero attached hydrogens (tertiary/aromatic N) is 1. The van der Waals surface area contributed by atoms with Crippen LogP contribution in [-0.4, -0.2) is 28.9 Å². The second kappa shape index (κ2) is 6.53. The van der Waals surface area contributed by atoms with E-state index in [0.717, 1.165) is 17.9 Å². The number of aryl methyl sites for hydroxylation is 1. The quantitative estimate of drug-likeness (QED) is 0.855. The predicted octanol–water partition coefficient (Wildman–Crippen LogP) is 2.26. The highest BCUT2D eigenvalue weighted by Crippen LogP contribution is 2.05. The summed E-state index contributed by atoms with van der Waals surface area (Å²) in [5, 5.41) is 2.98. The lowest BCUT2D eigenvalue weighted by molar-refractivity contribution is 0.0938. The van der Waals surface area contributed by atoms with Crippen molar-refractivity contribution in [1.29, 1.82) is 0 Å². The van der Waals surface area contributed by atoms with Gasteiger partial charge in [0.2, 0.25) is 0 Å². The number of thioether (sulfide) groups is 1. The summed E-state index contributed by atoms with van der Waals surface area (Å²) in [6.45, 7) is 3.88. The third kappa shape index (κ3) is 3.85. The minimum absolute atomic E-state index is 0.0285. The molecular formula is C12H18N2OS. The molecule has 0 aliphatic carbocycles. The third-order valence-electron chi connectivity index (χ3n) is 2.38. The molecule has 1 amide bonds. The van der Waals surface area contributed by atoms with E-state index in [2.05, 4.69) is 16.6 Å². The van der Waals surface area contributed by atoms with Crippen LogP contribution in [0, 0.1) is 6.92 Å². The summed E-state index contributed by atoms with van der Waals surface area (Å²) in [5.41, 5.74) is 1.44. The number of aromatic nitrogens is 1. The van der Waals surface area contributed by atoms with E-state index in [4.69, 9.17) is 0 Å². The van der Waals surface area contributed by atoms with E-state index in [1.807, 2.05) is 13.8 Å². The van der Waals surface area contributed by atoms with Crippen LogP contribution in [-0.2, 0) is 0 Å². The van der Waals surface area contributed by atoms with Crippen molar-refractivity contribution in [1.82, 2.24) is 10.3 Å². The lowest BCUT2D eigenvalue weighted by Gasteiger charge is -2.13. The standard InChI is InChI=1S/C12H18N2OS/c1-9(6-8-16-3)14-12(15)11-5-4-7-13-10(11)2/h4-5,7,9H,6,8H2,1-3H3,(H,14,15)/t9-/m1/s1. The van der Waals surface area contributed by atoms with E-state index in [1.54, 1.807) is 30.1 Å². The molecule has 0 spiro atoms. The second-order valence-corrected chi connectivity index (χ2v) is 4.78. The van der Waals surface area contributed by atoms with Crippen molar-refractivity contribution in [3.63, 3.8) is 0 Å². The molecule has 16 heavy (non-hydrogen) atoms. The van der Waals surface area contributed by atoms with E-state index in [0.29, 0.717) is 5.56 Å². The molecule has 1 atom stereocenters. The van der Waals surface area contributed by atoms with Gasteiger partial charge in [-0.3, -0.25) is 9.78 Å². The zero-order chi connectivity index (χ0) is 12.0. The molecule has 0 bridgehead atoms. The zero-order valence-electron chi connectivity index (χ0n) is 9.99. The largest absolute Gasteiger partial charge is 0.349 e. The Morgan fingerprint density at radius 2 is 2.38 bits per heavy atom. The van der Waals surface area contributed by atoms with Crippen molar-refractivity contribution in [2.24, 2.45) is 0 Å². The maximum Gasteiger partial charge on any atom is 0.253 e. The van der Waals surface area contributed by atoms with Crippen LogP contribution in [0.1, 0.15) is 29.4 Å². The Kier molecular flexibility index (Phi) is 5.32. The Labute approximate surface area is 101 Å². The Balaban J connectivity index is 2.56. The average molecular weight is 238 g/mol. The third-order valence-corrected chi connectivity index (χ3v) is 3.03. The summed E-state index contributed by atoms with van der Waals surface area (Å²) in [6.07, 6.45) is 4.76. The van der Waals surface area contributed by atoms with Gasteiger partial charge < -0.3 is 5.32 Å². The van der Waals surface area contributed by atoms with Crippen LogP contribution in [0.3, 0.4) is 0 Å². The van der Waals surface area contributed by atoms with Gasteiger partial charge in [-0.05, 0) is 44.4 Å². The molecule has 1 N–H and O–H groups in total. The summed E-state index contributed by atoms with van der Waals surface area (Å²) in [6, 6.07) is 3.80. The number of nitrogens with one attached hydrogen (secondary N) is 1. The van der Waals surface area contributed by atoms with Crippen LogP contribution in [0.15, 0.2) is 18.3 Å². The number of pyridine rings is 1. The molecule has 0 saturated carbocycles. The Morgan fingerprint density at radius 1 is 1.62 bits per heavy atom. The summed E-state index contributed by atoms with van der Waals surface area (Å²) in [5.74, 6) is 1.03. The molecule has 1 rings (SSSR count). The van der Waals surface area contributed by atoms with Crippen LogP contribution >= 0.6 is 11.8 Å². The SMILES string of the molecule is CSCC[C@@H](C)NC(=O)c1cccnc1C. The van der Waals surface area contributed by atoms with Crippen molar-refractivity contribution in [3.05, 3.63) is 29.6 Å². The van der Waals surface area contributed by atoms with Crippen LogP contribution in [0.5, 0.6) is 0 Å². The number of carbonyl (C=O) groups excluding carboxylic acids is 1. The maximum atomic E-state index is 11.9. The Morgan fingerprint density at radius 3 is 3.00 bits per heavy atom. The first-order valence-corrected chi connectivity index (χ1v) is 6.76. The van der Waals surface area contributed by atoms with E-state index < -0.39 is 0 Å². The fraction of sp³-hybridized carbons (Fsp3) is 0.500. The molecule has 4 heteroatoms. The molecular weight excluding hydrogens is 220 g/mol. The van der Waals surface area contributed by atoms with Gasteiger partial charge >= 0.3 is 0 Å². The maximum absolute atomic E-state index is 11.9. The predicted molar refractivity (Wildman–Crippen MR) is 68.9 cm³/mol. The monoisotopic (exact) mass is 238 g/mol. The van der Waals surface area contributed by atoms with E-state index in [-0.39, 0.29) is 11.9 Å². The number of hydrogen-bond donors (Lipinski definition) is 1. The molecule has 0 unspecified atom stereocenters. The number of carbonyl (C=O) groups is 1. The molecule has 1 heterocycles. The lowest BCUT2D eigenvalue weighted by Crippen LogP contribution is -2.33. The minimum Gasteiger partial charge on any atom is -0.349 e. The highest BCUT2D eigenvalue weighted by Gasteiger charge is 2.11. The van der Waals surface area contributed by atoms with Gasteiger partial charge in [0, 0.05) is 17.9 Å². The molecule has 1 aromatic rings. The van der Waals surface area contributed by atoms with Crippen LogP contribution < -0.4 is 5.32 Å². The molecule has 0 radical (unpaired) electrons. The van der Waals surface area contributed by atoms with Crippen molar-refractivity contribution < 1.29 is 4.79 Å². The van der Waals surface area contributed by atoms with Gasteiger partial charge in [0.05, 0.1) is 5.56 Å². The normalized spacial score (nSPS) is 12.2. The van der Waals surface area contributed by atoms with E-state index in [9.17, 15) is 4.79 Å².